The van der Waals surface area contributed by atoms with Gasteiger partial charge in [0.1, 0.15) is 0 Å². The number of thiophene rings is 1. The standard InChI is InChI=1S/C12H13ClN2S/c13-15-7-5-14(6-8-15)11-2-1-3-12-10(11)4-9-16-12/h1-4,9H,5-8H2. The summed E-state index contributed by atoms with van der Waals surface area (Å²) in [5.74, 6) is 0. The van der Waals surface area contributed by atoms with Crippen molar-refractivity contribution in [1.29, 1.82) is 0 Å². The third-order valence-corrected chi connectivity index (χ3v) is 4.26. The third-order valence-electron chi connectivity index (χ3n) is 3.04. The van der Waals surface area contributed by atoms with Gasteiger partial charge < -0.3 is 4.90 Å². The normalized spacial score (nSPS) is 18.2. The van der Waals surface area contributed by atoms with Gasteiger partial charge in [0.25, 0.3) is 0 Å². The monoisotopic (exact) mass is 252 g/mol. The maximum Gasteiger partial charge on any atom is 0.0455 e. The predicted molar refractivity (Wildman–Crippen MR) is 71.5 cm³/mol. The Morgan fingerprint density at radius 2 is 1.88 bits per heavy atom. The third kappa shape index (κ3) is 1.79. The number of rotatable bonds is 1. The average molecular weight is 253 g/mol. The van der Waals surface area contributed by atoms with E-state index >= 15 is 0 Å². The Morgan fingerprint density at radius 1 is 1.06 bits per heavy atom. The molecule has 0 bridgehead atoms. The summed E-state index contributed by atoms with van der Waals surface area (Å²) in [6, 6.07) is 8.74. The highest BCUT2D eigenvalue weighted by Gasteiger charge is 2.17. The molecule has 3 rings (SSSR count). The van der Waals surface area contributed by atoms with Gasteiger partial charge in [0.05, 0.1) is 0 Å². The van der Waals surface area contributed by atoms with Gasteiger partial charge in [-0.3, -0.25) is 0 Å². The van der Waals surface area contributed by atoms with Gasteiger partial charge in [-0.05, 0) is 35.4 Å². The van der Waals surface area contributed by atoms with Crippen LogP contribution in [0, 0.1) is 0 Å². The van der Waals surface area contributed by atoms with Crippen molar-refractivity contribution in [3.8, 4) is 0 Å². The molecular weight excluding hydrogens is 240 g/mol. The molecule has 1 aromatic heterocycles. The molecule has 2 nitrogen and oxygen atoms in total. The maximum absolute atomic E-state index is 5.98. The number of nitrogens with zero attached hydrogens (tertiary/aromatic N) is 2. The second kappa shape index (κ2) is 4.24. The molecule has 4 heteroatoms. The summed E-state index contributed by atoms with van der Waals surface area (Å²) in [6.45, 7) is 3.89. The Labute approximate surface area is 104 Å². The van der Waals surface area contributed by atoms with E-state index in [0.717, 1.165) is 26.2 Å². The van der Waals surface area contributed by atoms with Crippen LogP contribution >= 0.6 is 23.1 Å². The van der Waals surface area contributed by atoms with Gasteiger partial charge in [0.2, 0.25) is 0 Å². The van der Waals surface area contributed by atoms with Crippen molar-refractivity contribution in [2.24, 2.45) is 0 Å². The first-order chi connectivity index (χ1) is 7.84. The fraction of sp³-hybridized carbons (Fsp3) is 0.333. The lowest BCUT2D eigenvalue weighted by Gasteiger charge is -2.33. The summed E-state index contributed by atoms with van der Waals surface area (Å²) in [4.78, 5) is 2.42. The summed E-state index contributed by atoms with van der Waals surface area (Å²) in [5, 5.41) is 3.53. The lowest BCUT2D eigenvalue weighted by Crippen LogP contribution is -2.42. The zero-order valence-electron chi connectivity index (χ0n) is 8.90. The van der Waals surface area contributed by atoms with Crippen molar-refractivity contribution in [1.82, 2.24) is 4.42 Å². The van der Waals surface area contributed by atoms with Crippen molar-refractivity contribution in [2.75, 3.05) is 31.1 Å². The summed E-state index contributed by atoms with van der Waals surface area (Å²) in [6.07, 6.45) is 0. The van der Waals surface area contributed by atoms with E-state index in [1.807, 2.05) is 4.42 Å². The Morgan fingerprint density at radius 3 is 2.69 bits per heavy atom. The SMILES string of the molecule is ClN1CCN(c2cccc3sccc23)CC1. The first-order valence-electron chi connectivity index (χ1n) is 5.46. The van der Waals surface area contributed by atoms with Crippen LogP contribution in [0.3, 0.4) is 0 Å². The molecule has 1 aliphatic heterocycles. The molecule has 1 aromatic carbocycles. The molecule has 0 amide bonds. The predicted octanol–water partition coefficient (Wildman–Crippen LogP) is 3.18. The van der Waals surface area contributed by atoms with Crippen molar-refractivity contribution < 1.29 is 0 Å². The van der Waals surface area contributed by atoms with Crippen molar-refractivity contribution in [3.63, 3.8) is 0 Å². The largest absolute Gasteiger partial charge is 0.368 e. The first kappa shape index (κ1) is 10.4. The summed E-state index contributed by atoms with van der Waals surface area (Å²) >= 11 is 7.78. The van der Waals surface area contributed by atoms with E-state index < -0.39 is 0 Å². The molecule has 2 heterocycles. The quantitative estimate of drug-likeness (QED) is 0.720. The van der Waals surface area contributed by atoms with Crippen LogP contribution in [0.5, 0.6) is 0 Å². The van der Waals surface area contributed by atoms with Crippen LogP contribution in [0.2, 0.25) is 0 Å². The van der Waals surface area contributed by atoms with Gasteiger partial charge in [0, 0.05) is 42.0 Å². The highest BCUT2D eigenvalue weighted by Crippen LogP contribution is 2.31. The Kier molecular flexibility index (Phi) is 2.75. The number of piperazine rings is 1. The van der Waals surface area contributed by atoms with Gasteiger partial charge >= 0.3 is 0 Å². The Balaban J connectivity index is 1.96. The highest BCUT2D eigenvalue weighted by molar-refractivity contribution is 7.17. The first-order valence-corrected chi connectivity index (χ1v) is 6.68. The number of hydrogen-bond donors (Lipinski definition) is 0. The molecule has 2 aromatic rings. The molecule has 0 atom stereocenters. The molecule has 0 aliphatic carbocycles. The van der Waals surface area contributed by atoms with Crippen LogP contribution in [0.4, 0.5) is 5.69 Å². The second-order valence-electron chi connectivity index (χ2n) is 4.01. The van der Waals surface area contributed by atoms with Crippen LogP contribution in [-0.4, -0.2) is 30.6 Å². The van der Waals surface area contributed by atoms with Crippen LogP contribution in [0.1, 0.15) is 0 Å². The number of halogens is 1. The van der Waals surface area contributed by atoms with Crippen molar-refractivity contribution in [3.05, 3.63) is 29.6 Å². The molecule has 1 saturated heterocycles. The second-order valence-corrected chi connectivity index (χ2v) is 5.43. The minimum atomic E-state index is 0.933. The average Bonchev–Trinajstić information content (AvgIpc) is 2.78. The molecule has 1 fully saturated rings. The fourth-order valence-corrected chi connectivity index (χ4v) is 3.14. The zero-order valence-corrected chi connectivity index (χ0v) is 10.5. The van der Waals surface area contributed by atoms with Crippen LogP contribution in [0.15, 0.2) is 29.6 Å². The van der Waals surface area contributed by atoms with E-state index in [1.54, 1.807) is 11.3 Å². The topological polar surface area (TPSA) is 6.48 Å². The van der Waals surface area contributed by atoms with Crippen LogP contribution in [-0.2, 0) is 0 Å². The van der Waals surface area contributed by atoms with Crippen molar-refractivity contribution >= 4 is 38.9 Å². The van der Waals surface area contributed by atoms with Crippen molar-refractivity contribution in [2.45, 2.75) is 0 Å². The Hall–Kier alpha value is -0.770. The fourth-order valence-electron chi connectivity index (χ4n) is 2.18. The maximum atomic E-state index is 5.98. The van der Waals surface area contributed by atoms with Crippen LogP contribution < -0.4 is 4.90 Å². The van der Waals surface area contributed by atoms with Gasteiger partial charge in [-0.2, -0.15) is 0 Å². The van der Waals surface area contributed by atoms with E-state index in [0.29, 0.717) is 0 Å². The molecule has 0 N–H and O–H groups in total. The number of benzene rings is 1. The molecule has 1 aliphatic rings. The Bertz CT molecular complexity index is 488. The zero-order chi connectivity index (χ0) is 11.0. The lowest BCUT2D eigenvalue weighted by molar-refractivity contribution is 0.417. The van der Waals surface area contributed by atoms with E-state index in [1.165, 1.54) is 15.8 Å². The molecular formula is C12H13ClN2S. The molecule has 84 valence electrons. The molecule has 16 heavy (non-hydrogen) atoms. The van der Waals surface area contributed by atoms with Gasteiger partial charge in [-0.1, -0.05) is 6.07 Å². The molecule has 0 radical (unpaired) electrons. The minimum Gasteiger partial charge on any atom is -0.368 e. The van der Waals surface area contributed by atoms with Gasteiger partial charge in [-0.25, -0.2) is 4.42 Å². The van der Waals surface area contributed by atoms with E-state index in [2.05, 4.69) is 34.5 Å². The van der Waals surface area contributed by atoms with Crippen LogP contribution in [0.25, 0.3) is 10.1 Å². The summed E-state index contributed by atoms with van der Waals surface area (Å²) < 4.78 is 3.23. The van der Waals surface area contributed by atoms with Gasteiger partial charge in [0.15, 0.2) is 0 Å². The summed E-state index contributed by atoms with van der Waals surface area (Å²) in [7, 11) is 0. The lowest BCUT2D eigenvalue weighted by atomic mass is 10.2. The highest BCUT2D eigenvalue weighted by atomic mass is 35.5. The van der Waals surface area contributed by atoms with E-state index in [4.69, 9.17) is 11.8 Å². The molecule has 0 saturated carbocycles. The minimum absolute atomic E-state index is 0.933. The van der Waals surface area contributed by atoms with E-state index in [9.17, 15) is 0 Å². The smallest absolute Gasteiger partial charge is 0.0455 e. The number of hydrogen-bond acceptors (Lipinski definition) is 3. The number of anilines is 1. The number of fused-ring (bicyclic) bond motifs is 1. The van der Waals surface area contributed by atoms with E-state index in [-0.39, 0.29) is 0 Å². The molecule has 0 spiro atoms. The summed E-state index contributed by atoms with van der Waals surface area (Å²) in [5.41, 5.74) is 1.35. The molecule has 0 unspecified atom stereocenters. The van der Waals surface area contributed by atoms with Gasteiger partial charge in [-0.15, -0.1) is 11.3 Å².